The first-order valence-corrected chi connectivity index (χ1v) is 10.5. The van der Waals surface area contributed by atoms with E-state index in [1.807, 2.05) is 0 Å². The number of halogens is 3. The standard InChI is InChI=1S/C23H21F3N4O4/c24-23(25,26)34-14-6-3-5-13(11-14)28-22(33)18-9-4-10-30(18)19(31)12-16-15-7-1-2-8-17(15)29-20(16)21(27)32/h1-3,5-8,11,18,29H,4,9-10,12H2,(H2,27,32)(H,28,33)/t18-/m0/s1. The van der Waals surface area contributed by atoms with Gasteiger partial charge in [-0.25, -0.2) is 0 Å². The number of alkyl halides is 3. The van der Waals surface area contributed by atoms with Crippen LogP contribution in [0.1, 0.15) is 28.9 Å². The van der Waals surface area contributed by atoms with Crippen molar-refractivity contribution in [1.82, 2.24) is 9.88 Å². The van der Waals surface area contributed by atoms with Crippen molar-refractivity contribution >= 4 is 34.3 Å². The van der Waals surface area contributed by atoms with Crippen molar-refractivity contribution in [2.45, 2.75) is 31.7 Å². The van der Waals surface area contributed by atoms with Crippen molar-refractivity contribution in [2.75, 3.05) is 11.9 Å². The van der Waals surface area contributed by atoms with E-state index < -0.39 is 30.0 Å². The van der Waals surface area contributed by atoms with Crippen molar-refractivity contribution in [3.63, 3.8) is 0 Å². The third kappa shape index (κ3) is 4.98. The van der Waals surface area contributed by atoms with Crippen LogP contribution in [0.4, 0.5) is 18.9 Å². The van der Waals surface area contributed by atoms with Crippen LogP contribution < -0.4 is 15.8 Å². The minimum atomic E-state index is -4.86. The Hall–Kier alpha value is -4.02. The number of carbonyl (C=O) groups excluding carboxylic acids is 3. The molecule has 0 unspecified atom stereocenters. The average molecular weight is 474 g/mol. The molecule has 1 aromatic heterocycles. The number of nitrogens with zero attached hydrogens (tertiary/aromatic N) is 1. The Morgan fingerprint density at radius 3 is 2.65 bits per heavy atom. The number of amides is 3. The predicted molar refractivity (Wildman–Crippen MR) is 117 cm³/mol. The van der Waals surface area contributed by atoms with Gasteiger partial charge in [-0.05, 0) is 36.6 Å². The molecular weight excluding hydrogens is 453 g/mol. The fraction of sp³-hybridized carbons (Fsp3) is 0.261. The predicted octanol–water partition coefficient (Wildman–Crippen LogP) is 3.34. The molecule has 1 atom stereocenters. The van der Waals surface area contributed by atoms with Crippen LogP contribution in [-0.4, -0.2) is 46.6 Å². The third-order valence-corrected chi connectivity index (χ3v) is 5.60. The lowest BCUT2D eigenvalue weighted by molar-refractivity contribution is -0.274. The lowest BCUT2D eigenvalue weighted by Crippen LogP contribution is -2.44. The quantitative estimate of drug-likeness (QED) is 0.508. The number of likely N-dealkylation sites (tertiary alicyclic amines) is 1. The van der Waals surface area contributed by atoms with Crippen LogP contribution in [0.5, 0.6) is 5.75 Å². The molecule has 8 nitrogen and oxygen atoms in total. The van der Waals surface area contributed by atoms with E-state index >= 15 is 0 Å². The van der Waals surface area contributed by atoms with E-state index in [0.717, 1.165) is 12.1 Å². The van der Waals surface area contributed by atoms with E-state index in [-0.39, 0.29) is 23.7 Å². The number of fused-ring (bicyclic) bond motifs is 1. The number of hydrogen-bond acceptors (Lipinski definition) is 4. The smallest absolute Gasteiger partial charge is 0.406 e. The molecule has 0 bridgehead atoms. The number of benzene rings is 2. The van der Waals surface area contributed by atoms with Crippen molar-refractivity contribution in [3.05, 3.63) is 59.8 Å². The molecule has 1 fully saturated rings. The first-order chi connectivity index (χ1) is 16.1. The van der Waals surface area contributed by atoms with Gasteiger partial charge in [-0.1, -0.05) is 24.3 Å². The summed E-state index contributed by atoms with van der Waals surface area (Å²) in [4.78, 5) is 42.3. The van der Waals surface area contributed by atoms with Gasteiger partial charge in [0.1, 0.15) is 17.5 Å². The van der Waals surface area contributed by atoms with Gasteiger partial charge in [0.25, 0.3) is 5.91 Å². The van der Waals surface area contributed by atoms with Crippen molar-refractivity contribution in [3.8, 4) is 5.75 Å². The number of hydrogen-bond donors (Lipinski definition) is 3. The summed E-state index contributed by atoms with van der Waals surface area (Å²) >= 11 is 0. The van der Waals surface area contributed by atoms with Crippen LogP contribution in [0.15, 0.2) is 48.5 Å². The average Bonchev–Trinajstić information content (AvgIpc) is 3.38. The molecule has 0 spiro atoms. The maximum atomic E-state index is 13.1. The number of aromatic amines is 1. The second-order valence-electron chi connectivity index (χ2n) is 7.88. The number of rotatable bonds is 6. The number of primary amides is 1. The molecule has 2 heterocycles. The van der Waals surface area contributed by atoms with Gasteiger partial charge in [0, 0.05) is 29.2 Å². The molecule has 178 valence electrons. The van der Waals surface area contributed by atoms with Gasteiger partial charge in [-0.15, -0.1) is 13.2 Å². The van der Waals surface area contributed by atoms with Crippen LogP contribution >= 0.6 is 0 Å². The Bertz CT molecular complexity index is 1250. The van der Waals surface area contributed by atoms with Gasteiger partial charge in [0.15, 0.2) is 0 Å². The number of anilines is 1. The van der Waals surface area contributed by atoms with Gasteiger partial charge in [0.05, 0.1) is 6.42 Å². The molecule has 3 aromatic rings. The third-order valence-electron chi connectivity index (χ3n) is 5.60. The molecule has 1 aliphatic rings. The summed E-state index contributed by atoms with van der Waals surface area (Å²) in [5.74, 6) is -2.05. The number of para-hydroxylation sites is 1. The van der Waals surface area contributed by atoms with Crippen molar-refractivity contribution in [2.24, 2.45) is 5.73 Å². The number of aromatic nitrogens is 1. The largest absolute Gasteiger partial charge is 0.573 e. The zero-order chi connectivity index (χ0) is 24.5. The molecule has 0 saturated carbocycles. The van der Waals surface area contributed by atoms with Crippen molar-refractivity contribution < 1.29 is 32.3 Å². The fourth-order valence-corrected chi connectivity index (χ4v) is 4.18. The highest BCUT2D eigenvalue weighted by atomic mass is 19.4. The van der Waals surface area contributed by atoms with E-state index in [1.165, 1.54) is 17.0 Å². The Labute approximate surface area is 191 Å². The fourth-order valence-electron chi connectivity index (χ4n) is 4.18. The number of nitrogens with two attached hydrogens (primary N) is 1. The minimum absolute atomic E-state index is 0.110. The summed E-state index contributed by atoms with van der Waals surface area (Å²) in [6.45, 7) is 0.336. The van der Waals surface area contributed by atoms with Crippen LogP contribution in [0.3, 0.4) is 0 Å². The van der Waals surface area contributed by atoms with E-state index in [0.29, 0.717) is 35.9 Å². The van der Waals surface area contributed by atoms with Crippen LogP contribution in [0, 0.1) is 0 Å². The zero-order valence-electron chi connectivity index (χ0n) is 17.8. The normalized spacial score (nSPS) is 16.0. The summed E-state index contributed by atoms with van der Waals surface area (Å²) in [7, 11) is 0. The number of ether oxygens (including phenoxy) is 1. The Morgan fingerprint density at radius 1 is 1.15 bits per heavy atom. The maximum absolute atomic E-state index is 13.1. The number of H-pyrrole nitrogens is 1. The first-order valence-electron chi connectivity index (χ1n) is 10.5. The summed E-state index contributed by atoms with van der Waals surface area (Å²) < 4.78 is 41.3. The number of nitrogens with one attached hydrogen (secondary N) is 2. The molecule has 34 heavy (non-hydrogen) atoms. The molecule has 4 N–H and O–H groups in total. The van der Waals surface area contributed by atoms with Gasteiger partial charge in [-0.2, -0.15) is 0 Å². The topological polar surface area (TPSA) is 118 Å². The van der Waals surface area contributed by atoms with E-state index in [2.05, 4.69) is 15.0 Å². The highest BCUT2D eigenvalue weighted by molar-refractivity contribution is 6.03. The van der Waals surface area contributed by atoms with E-state index in [4.69, 9.17) is 5.73 Å². The highest BCUT2D eigenvalue weighted by Gasteiger charge is 2.35. The van der Waals surface area contributed by atoms with Crippen molar-refractivity contribution in [1.29, 1.82) is 0 Å². The summed E-state index contributed by atoms with van der Waals surface area (Å²) in [5, 5.41) is 3.24. The van der Waals surface area contributed by atoms with E-state index in [1.54, 1.807) is 24.3 Å². The summed E-state index contributed by atoms with van der Waals surface area (Å²) in [5.41, 5.74) is 6.84. The van der Waals surface area contributed by atoms with Gasteiger partial charge < -0.3 is 25.7 Å². The van der Waals surface area contributed by atoms with Crippen LogP contribution in [-0.2, 0) is 16.0 Å². The molecule has 1 aliphatic heterocycles. The second kappa shape index (κ2) is 9.08. The molecule has 0 aliphatic carbocycles. The monoisotopic (exact) mass is 474 g/mol. The lowest BCUT2D eigenvalue weighted by Gasteiger charge is -2.24. The Balaban J connectivity index is 1.50. The molecular formula is C23H21F3N4O4. The van der Waals surface area contributed by atoms with Crippen LogP contribution in [0.25, 0.3) is 10.9 Å². The summed E-state index contributed by atoms with van der Waals surface area (Å²) in [6, 6.07) is 11.2. The molecule has 2 aromatic carbocycles. The summed E-state index contributed by atoms with van der Waals surface area (Å²) in [6.07, 6.45) is -4.02. The Kier molecular flexibility index (Phi) is 6.18. The van der Waals surface area contributed by atoms with Gasteiger partial charge >= 0.3 is 6.36 Å². The minimum Gasteiger partial charge on any atom is -0.406 e. The highest BCUT2D eigenvalue weighted by Crippen LogP contribution is 2.28. The molecule has 11 heteroatoms. The lowest BCUT2D eigenvalue weighted by atomic mass is 10.1. The molecule has 0 radical (unpaired) electrons. The molecule has 4 rings (SSSR count). The van der Waals surface area contributed by atoms with Gasteiger partial charge in [-0.3, -0.25) is 14.4 Å². The molecule has 1 saturated heterocycles. The van der Waals surface area contributed by atoms with E-state index in [9.17, 15) is 27.6 Å². The maximum Gasteiger partial charge on any atom is 0.573 e. The SMILES string of the molecule is NC(=O)c1[nH]c2ccccc2c1CC(=O)N1CCC[C@H]1C(=O)Nc1cccc(OC(F)(F)F)c1. The first kappa shape index (κ1) is 23.1. The Morgan fingerprint density at radius 2 is 1.91 bits per heavy atom. The molecule has 3 amide bonds. The zero-order valence-corrected chi connectivity index (χ0v) is 17.8. The number of carbonyl (C=O) groups is 3. The second-order valence-corrected chi connectivity index (χ2v) is 7.88. The van der Waals surface area contributed by atoms with Gasteiger partial charge in [0.2, 0.25) is 11.8 Å². The van der Waals surface area contributed by atoms with Crippen LogP contribution in [0.2, 0.25) is 0 Å².